The molecule has 0 aromatic carbocycles. The monoisotopic (exact) mass is 651 g/mol. The van der Waals surface area contributed by atoms with Crippen LogP contribution >= 0.6 is 0 Å². The number of aliphatic hydroxyl groups is 1. The van der Waals surface area contributed by atoms with Crippen LogP contribution in [0.2, 0.25) is 0 Å². The molecular weight excluding hydrogens is 606 g/mol. The average Bonchev–Trinajstić information content (AvgIpc) is 3.56. The minimum absolute atomic E-state index is 0.0831. The predicted molar refractivity (Wildman–Crippen MR) is 175 cm³/mol. The molecule has 0 saturated heterocycles. The van der Waals surface area contributed by atoms with Gasteiger partial charge in [-0.3, -0.25) is 14.4 Å². The largest absolute Gasteiger partial charge is 0.464 e. The van der Waals surface area contributed by atoms with Crippen molar-refractivity contribution in [2.75, 3.05) is 20.8 Å². The van der Waals surface area contributed by atoms with Crippen LogP contribution in [0.4, 0.5) is 4.79 Å². The lowest BCUT2D eigenvalue weighted by atomic mass is 9.82. The van der Waals surface area contributed by atoms with Crippen molar-refractivity contribution < 1.29 is 42.9 Å². The van der Waals surface area contributed by atoms with Gasteiger partial charge in [0.05, 0.1) is 29.7 Å². The predicted octanol–water partition coefficient (Wildman–Crippen LogP) is 3.66. The number of furan rings is 1. The Morgan fingerprint density at radius 3 is 2.51 bits per heavy atom. The maximum absolute atomic E-state index is 14.2. The van der Waals surface area contributed by atoms with E-state index in [-0.39, 0.29) is 52.8 Å². The molecule has 6 atom stereocenters. The number of ether oxygens (including phenoxy) is 3. The molecular formula is C35H45N3O9. The molecule has 47 heavy (non-hydrogen) atoms. The fourth-order valence-electron chi connectivity index (χ4n) is 5.68. The molecule has 6 unspecified atom stereocenters. The first-order valence-electron chi connectivity index (χ1n) is 15.3. The fourth-order valence-corrected chi connectivity index (χ4v) is 5.68. The Bertz CT molecular complexity index is 1500. The molecule has 12 heteroatoms. The number of Topliss-reactive ketones (excluding diaryl/α,β-unsaturated/α-hetero) is 2. The van der Waals surface area contributed by atoms with E-state index in [1.807, 2.05) is 6.92 Å². The van der Waals surface area contributed by atoms with E-state index in [2.05, 4.69) is 17.2 Å². The molecule has 2 heterocycles. The highest BCUT2D eigenvalue weighted by Crippen LogP contribution is 2.34. The van der Waals surface area contributed by atoms with Crippen LogP contribution in [-0.2, 0) is 28.6 Å². The maximum Gasteiger partial charge on any atom is 0.405 e. The van der Waals surface area contributed by atoms with Gasteiger partial charge in [0, 0.05) is 37.8 Å². The normalized spacial score (nSPS) is 26.8. The van der Waals surface area contributed by atoms with Gasteiger partial charge in [0.2, 0.25) is 11.6 Å². The molecule has 0 saturated carbocycles. The number of carbonyl (C=O) groups excluding carboxylic acids is 4. The van der Waals surface area contributed by atoms with Crippen molar-refractivity contribution in [3.63, 3.8) is 0 Å². The van der Waals surface area contributed by atoms with Crippen LogP contribution in [0, 0.1) is 11.8 Å². The van der Waals surface area contributed by atoms with E-state index in [0.717, 1.165) is 0 Å². The number of fused-ring (bicyclic) bond motifs is 2. The quantitative estimate of drug-likeness (QED) is 0.251. The number of ketones is 2. The Labute approximate surface area is 275 Å². The van der Waals surface area contributed by atoms with Gasteiger partial charge in [0.15, 0.2) is 6.10 Å². The number of primary amides is 1. The minimum atomic E-state index is -1.01. The van der Waals surface area contributed by atoms with Crippen molar-refractivity contribution in [1.29, 1.82) is 0 Å². The molecule has 2 amide bonds. The minimum Gasteiger partial charge on any atom is -0.464 e. The summed E-state index contributed by atoms with van der Waals surface area (Å²) in [7, 11) is 2.91. The first-order valence-corrected chi connectivity index (χ1v) is 15.3. The van der Waals surface area contributed by atoms with Crippen molar-refractivity contribution in [2.45, 2.75) is 65.0 Å². The molecule has 1 aromatic heterocycles. The zero-order chi connectivity index (χ0) is 34.8. The van der Waals surface area contributed by atoms with E-state index in [1.165, 1.54) is 32.6 Å². The second-order valence-corrected chi connectivity index (χ2v) is 11.7. The molecule has 0 radical (unpaired) electrons. The number of hydrogen-bond acceptors (Lipinski definition) is 10. The number of amides is 2. The Balaban J connectivity index is 2.21. The van der Waals surface area contributed by atoms with Crippen LogP contribution in [0.1, 0.15) is 46.3 Å². The third-order valence-electron chi connectivity index (χ3n) is 8.14. The number of rotatable bonds is 7. The van der Waals surface area contributed by atoms with Gasteiger partial charge in [-0.1, -0.05) is 44.2 Å². The van der Waals surface area contributed by atoms with Crippen LogP contribution in [0.3, 0.4) is 0 Å². The summed E-state index contributed by atoms with van der Waals surface area (Å²) in [5, 5.41) is 17.0. The number of hydrogen-bond donors (Lipinski definition) is 4. The molecule has 1 aliphatic heterocycles. The highest BCUT2D eigenvalue weighted by molar-refractivity contribution is 6.39. The van der Waals surface area contributed by atoms with Gasteiger partial charge in [-0.2, -0.15) is 0 Å². The lowest BCUT2D eigenvalue weighted by Gasteiger charge is -2.30. The zero-order valence-electron chi connectivity index (χ0n) is 27.7. The summed E-state index contributed by atoms with van der Waals surface area (Å²) in [6, 6.07) is 3.12. The summed E-state index contributed by atoms with van der Waals surface area (Å²) in [5.74, 6) is -2.31. The van der Waals surface area contributed by atoms with Crippen molar-refractivity contribution >= 4 is 29.1 Å². The van der Waals surface area contributed by atoms with Crippen LogP contribution < -0.4 is 16.4 Å². The third kappa shape index (κ3) is 9.06. The molecule has 12 nitrogen and oxygen atoms in total. The zero-order valence-corrected chi connectivity index (χ0v) is 27.7. The standard InChI is InChI=1S/C35H45N3O9/c1-8-14-37-28-23-16-19(2)17-26(45-7)30(39)21(4)18-22(5)33(47-35(36)43)25(44-6)12-9-11-20(3)34(42)38-29(31(23)40)27(32(28)41)24-13-10-15-46-24/h8-13,15,18-19,21,25-26,30,33,37,39H,1,14,16-17H2,2-7H3,(H2,36,43)(H,38,42). The van der Waals surface area contributed by atoms with E-state index in [1.54, 1.807) is 51.1 Å². The summed E-state index contributed by atoms with van der Waals surface area (Å²) in [6.07, 6.45) is 5.33. The maximum atomic E-state index is 14.2. The molecule has 3 rings (SSSR count). The van der Waals surface area contributed by atoms with Crippen molar-refractivity contribution in [3.05, 3.63) is 89.2 Å². The summed E-state index contributed by atoms with van der Waals surface area (Å²) >= 11 is 0. The van der Waals surface area contributed by atoms with E-state index >= 15 is 0 Å². The van der Waals surface area contributed by atoms with Crippen molar-refractivity contribution in [2.24, 2.45) is 17.6 Å². The van der Waals surface area contributed by atoms with E-state index in [0.29, 0.717) is 12.0 Å². The summed E-state index contributed by atoms with van der Waals surface area (Å²) in [6.45, 7) is 10.9. The molecule has 254 valence electrons. The van der Waals surface area contributed by atoms with Crippen LogP contribution in [0.15, 0.2) is 87.9 Å². The van der Waals surface area contributed by atoms with E-state index in [4.69, 9.17) is 24.4 Å². The number of methoxy groups -OCH3 is 2. The topological polar surface area (TPSA) is 179 Å². The highest BCUT2D eigenvalue weighted by atomic mass is 16.6. The molecule has 1 aromatic rings. The first-order chi connectivity index (χ1) is 22.3. The summed E-state index contributed by atoms with van der Waals surface area (Å²) < 4.78 is 22.2. The van der Waals surface area contributed by atoms with Gasteiger partial charge in [-0.05, 0) is 50.3 Å². The lowest BCUT2D eigenvalue weighted by Crippen LogP contribution is -2.39. The molecule has 5 N–H and O–H groups in total. The SMILES string of the molecule is C=CCNC1=C2CC(C)CC(OC)C(O)C(C)C=C(C)C(OC(N)=O)C(OC)C=CC=C(C)C(=O)NC(=C(c3ccco3)C1=O)C2=O. The Kier molecular flexibility index (Phi) is 13.3. The fraction of sp³-hybridized carbons (Fsp3) is 0.429. The Morgan fingerprint density at radius 2 is 1.91 bits per heavy atom. The van der Waals surface area contributed by atoms with Crippen molar-refractivity contribution in [1.82, 2.24) is 10.6 Å². The number of nitrogens with two attached hydrogens (primary N) is 1. The van der Waals surface area contributed by atoms with Gasteiger partial charge in [0.1, 0.15) is 17.6 Å². The van der Waals surface area contributed by atoms with Crippen LogP contribution in [0.25, 0.3) is 5.57 Å². The van der Waals surface area contributed by atoms with Crippen LogP contribution in [0.5, 0.6) is 0 Å². The third-order valence-corrected chi connectivity index (χ3v) is 8.14. The lowest BCUT2D eigenvalue weighted by molar-refractivity contribution is -0.120. The Morgan fingerprint density at radius 1 is 1.19 bits per heavy atom. The van der Waals surface area contributed by atoms with Gasteiger partial charge in [-0.15, -0.1) is 6.58 Å². The van der Waals surface area contributed by atoms with E-state index in [9.17, 15) is 24.3 Å². The van der Waals surface area contributed by atoms with Crippen molar-refractivity contribution in [3.8, 4) is 0 Å². The van der Waals surface area contributed by atoms with Gasteiger partial charge < -0.3 is 40.1 Å². The molecule has 0 fully saturated rings. The van der Waals surface area contributed by atoms with E-state index < -0.39 is 53.9 Å². The number of nitrogens with one attached hydrogen (secondary N) is 2. The molecule has 2 aliphatic rings. The summed E-state index contributed by atoms with van der Waals surface area (Å²) in [5.41, 5.74) is 6.12. The summed E-state index contributed by atoms with van der Waals surface area (Å²) in [4.78, 5) is 53.5. The number of carbonyl (C=O) groups is 4. The second kappa shape index (κ2) is 16.9. The number of aliphatic hydroxyl groups excluding tert-OH is 1. The first kappa shape index (κ1) is 36.9. The smallest absolute Gasteiger partial charge is 0.405 e. The van der Waals surface area contributed by atoms with Crippen LogP contribution in [-0.4, -0.2) is 73.9 Å². The van der Waals surface area contributed by atoms with Gasteiger partial charge in [-0.25, -0.2) is 4.79 Å². The number of allylic oxidation sites excluding steroid dienone is 4. The van der Waals surface area contributed by atoms with Gasteiger partial charge in [0.25, 0.3) is 5.91 Å². The highest BCUT2D eigenvalue weighted by Gasteiger charge is 2.38. The molecule has 1 aliphatic carbocycles. The molecule has 2 bridgehead atoms. The second-order valence-electron chi connectivity index (χ2n) is 11.7. The average molecular weight is 652 g/mol. The molecule has 0 spiro atoms. The van der Waals surface area contributed by atoms with Gasteiger partial charge >= 0.3 is 6.09 Å². The Hall–Kier alpha value is -4.52.